The molecule has 3 aromatic carbocycles. The zero-order chi connectivity index (χ0) is 19.7. The zero-order valence-electron chi connectivity index (χ0n) is 14.9. The molecule has 138 valence electrons. The van der Waals surface area contributed by atoms with E-state index >= 15 is 0 Å². The Morgan fingerprint density at radius 3 is 2.61 bits per heavy atom. The van der Waals surface area contributed by atoms with Gasteiger partial charge in [0.2, 0.25) is 0 Å². The summed E-state index contributed by atoms with van der Waals surface area (Å²) in [6, 6.07) is 18.2. The van der Waals surface area contributed by atoms with Gasteiger partial charge < -0.3 is 5.11 Å². The molecule has 0 radical (unpaired) electrons. The van der Waals surface area contributed by atoms with Crippen molar-refractivity contribution in [1.29, 1.82) is 0 Å². The van der Waals surface area contributed by atoms with Crippen molar-refractivity contribution in [3.63, 3.8) is 0 Å². The molecule has 0 saturated carbocycles. The number of thiazole rings is 1. The SMILES string of the molecule is Cc1cc([N+](=O)[O-])cc(C=Nc2ccc(-c3nc4ccccc4s3)cc2)c1O. The fourth-order valence-electron chi connectivity index (χ4n) is 2.82. The summed E-state index contributed by atoms with van der Waals surface area (Å²) in [5.74, 6) is -0.0135. The van der Waals surface area contributed by atoms with E-state index in [2.05, 4.69) is 9.98 Å². The maximum absolute atomic E-state index is 11.0. The van der Waals surface area contributed by atoms with Crippen molar-refractivity contribution in [2.45, 2.75) is 6.92 Å². The van der Waals surface area contributed by atoms with Gasteiger partial charge in [0.15, 0.2) is 0 Å². The number of nitro benzene ring substituents is 1. The summed E-state index contributed by atoms with van der Waals surface area (Å²) < 4.78 is 1.14. The number of nitro groups is 1. The van der Waals surface area contributed by atoms with Gasteiger partial charge >= 0.3 is 0 Å². The number of non-ortho nitro benzene ring substituents is 1. The van der Waals surface area contributed by atoms with E-state index in [1.54, 1.807) is 18.3 Å². The van der Waals surface area contributed by atoms with E-state index in [-0.39, 0.29) is 11.4 Å². The predicted molar refractivity (Wildman–Crippen MR) is 112 cm³/mol. The first-order valence-electron chi connectivity index (χ1n) is 8.49. The lowest BCUT2D eigenvalue weighted by Crippen LogP contribution is -1.93. The van der Waals surface area contributed by atoms with E-state index in [0.717, 1.165) is 20.8 Å². The van der Waals surface area contributed by atoms with E-state index in [1.165, 1.54) is 18.3 Å². The molecule has 0 bridgehead atoms. The van der Waals surface area contributed by atoms with E-state index in [1.807, 2.05) is 48.5 Å². The summed E-state index contributed by atoms with van der Waals surface area (Å²) in [7, 11) is 0. The number of benzene rings is 3. The van der Waals surface area contributed by atoms with Gasteiger partial charge in [0, 0.05) is 29.5 Å². The largest absolute Gasteiger partial charge is 0.507 e. The molecule has 1 heterocycles. The topological polar surface area (TPSA) is 88.6 Å². The zero-order valence-corrected chi connectivity index (χ0v) is 15.7. The summed E-state index contributed by atoms with van der Waals surface area (Å²) in [6.07, 6.45) is 1.43. The average Bonchev–Trinajstić information content (AvgIpc) is 3.13. The Labute approximate surface area is 164 Å². The van der Waals surface area contributed by atoms with Crippen molar-refractivity contribution in [2.24, 2.45) is 4.99 Å². The summed E-state index contributed by atoms with van der Waals surface area (Å²) >= 11 is 1.63. The Hall–Kier alpha value is -3.58. The fourth-order valence-corrected chi connectivity index (χ4v) is 3.79. The molecule has 4 rings (SSSR count). The lowest BCUT2D eigenvalue weighted by atomic mass is 10.1. The second-order valence-corrected chi connectivity index (χ2v) is 7.28. The Morgan fingerprint density at radius 2 is 1.89 bits per heavy atom. The van der Waals surface area contributed by atoms with Crippen LogP contribution in [0.3, 0.4) is 0 Å². The second-order valence-electron chi connectivity index (χ2n) is 6.25. The lowest BCUT2D eigenvalue weighted by Gasteiger charge is -2.03. The first kappa shape index (κ1) is 17.8. The maximum Gasteiger partial charge on any atom is 0.270 e. The van der Waals surface area contributed by atoms with Crippen molar-refractivity contribution in [3.8, 4) is 16.3 Å². The highest BCUT2D eigenvalue weighted by Gasteiger charge is 2.12. The van der Waals surface area contributed by atoms with Crippen LogP contribution in [0.1, 0.15) is 11.1 Å². The molecule has 0 aliphatic rings. The molecule has 1 N–H and O–H groups in total. The van der Waals surface area contributed by atoms with Crippen molar-refractivity contribution < 1.29 is 10.0 Å². The molecule has 0 aliphatic heterocycles. The van der Waals surface area contributed by atoms with Crippen LogP contribution in [0.4, 0.5) is 11.4 Å². The Kier molecular flexibility index (Phi) is 4.58. The highest BCUT2D eigenvalue weighted by Crippen LogP contribution is 2.31. The van der Waals surface area contributed by atoms with Crippen LogP contribution in [0, 0.1) is 17.0 Å². The molecule has 6 nitrogen and oxygen atoms in total. The molecule has 7 heteroatoms. The van der Waals surface area contributed by atoms with E-state index in [0.29, 0.717) is 16.8 Å². The molecule has 0 spiro atoms. The number of aromatic nitrogens is 1. The van der Waals surface area contributed by atoms with Gasteiger partial charge in [-0.3, -0.25) is 15.1 Å². The van der Waals surface area contributed by atoms with Crippen LogP contribution in [-0.2, 0) is 0 Å². The molecule has 0 fully saturated rings. The van der Waals surface area contributed by atoms with Crippen LogP contribution in [0.2, 0.25) is 0 Å². The van der Waals surface area contributed by atoms with Gasteiger partial charge in [0.1, 0.15) is 10.8 Å². The number of rotatable bonds is 4. The Morgan fingerprint density at radius 1 is 1.14 bits per heavy atom. The molecule has 1 aromatic heterocycles. The highest BCUT2D eigenvalue weighted by atomic mass is 32.1. The third-order valence-electron chi connectivity index (χ3n) is 4.29. The Bertz CT molecular complexity index is 1180. The minimum atomic E-state index is -0.490. The number of para-hydroxylation sites is 1. The first-order chi connectivity index (χ1) is 13.5. The third-order valence-corrected chi connectivity index (χ3v) is 5.37. The smallest absolute Gasteiger partial charge is 0.270 e. The average molecular weight is 389 g/mol. The summed E-state index contributed by atoms with van der Waals surface area (Å²) in [5, 5.41) is 22.1. The normalized spacial score (nSPS) is 11.3. The molecule has 0 aliphatic carbocycles. The van der Waals surface area contributed by atoms with Gasteiger partial charge in [0.05, 0.1) is 20.8 Å². The van der Waals surface area contributed by atoms with Crippen LogP contribution in [-0.4, -0.2) is 21.2 Å². The number of phenols is 1. The third kappa shape index (κ3) is 3.47. The molecular formula is C21H15N3O3S. The van der Waals surface area contributed by atoms with Crippen LogP contribution < -0.4 is 0 Å². The number of hydrogen-bond donors (Lipinski definition) is 1. The Balaban J connectivity index is 1.60. The summed E-state index contributed by atoms with van der Waals surface area (Å²) in [4.78, 5) is 19.5. The lowest BCUT2D eigenvalue weighted by molar-refractivity contribution is -0.384. The van der Waals surface area contributed by atoms with E-state index < -0.39 is 4.92 Å². The number of aromatic hydroxyl groups is 1. The van der Waals surface area contributed by atoms with Gasteiger partial charge in [-0.1, -0.05) is 12.1 Å². The number of nitrogens with zero attached hydrogens (tertiary/aromatic N) is 3. The summed E-state index contributed by atoms with van der Waals surface area (Å²) in [6.45, 7) is 1.62. The van der Waals surface area contributed by atoms with Crippen LogP contribution in [0.15, 0.2) is 65.7 Å². The molecule has 0 unspecified atom stereocenters. The molecular weight excluding hydrogens is 374 g/mol. The van der Waals surface area contributed by atoms with Gasteiger partial charge in [-0.2, -0.15) is 0 Å². The number of phenolic OH excluding ortho intramolecular Hbond substituents is 1. The minimum Gasteiger partial charge on any atom is -0.507 e. The number of fused-ring (bicyclic) bond motifs is 1. The van der Waals surface area contributed by atoms with Crippen molar-refractivity contribution in [3.05, 3.63) is 81.9 Å². The fraction of sp³-hybridized carbons (Fsp3) is 0.0476. The van der Waals surface area contributed by atoms with Gasteiger partial charge in [-0.05, 0) is 48.9 Å². The van der Waals surface area contributed by atoms with Crippen LogP contribution in [0.25, 0.3) is 20.8 Å². The molecule has 0 atom stereocenters. The number of hydrogen-bond acceptors (Lipinski definition) is 6. The molecule has 28 heavy (non-hydrogen) atoms. The number of aliphatic imine (C=N–C) groups is 1. The highest BCUT2D eigenvalue weighted by molar-refractivity contribution is 7.21. The van der Waals surface area contributed by atoms with E-state index in [9.17, 15) is 15.2 Å². The maximum atomic E-state index is 11.0. The molecule has 0 amide bonds. The predicted octanol–water partition coefficient (Wildman–Crippen LogP) is 5.64. The van der Waals surface area contributed by atoms with Gasteiger partial charge in [-0.15, -0.1) is 11.3 Å². The minimum absolute atomic E-state index is 0.0135. The molecule has 4 aromatic rings. The van der Waals surface area contributed by atoms with Gasteiger partial charge in [0.25, 0.3) is 5.69 Å². The van der Waals surface area contributed by atoms with Crippen molar-refractivity contribution >= 4 is 39.1 Å². The monoisotopic (exact) mass is 389 g/mol. The quantitative estimate of drug-likeness (QED) is 0.278. The second kappa shape index (κ2) is 7.21. The van der Waals surface area contributed by atoms with Crippen molar-refractivity contribution in [1.82, 2.24) is 4.98 Å². The standard InChI is InChI=1S/C21H15N3O3S/c1-13-10-17(24(26)27)11-15(20(13)25)12-22-16-8-6-14(7-9-16)21-23-18-4-2-3-5-19(18)28-21/h2-12,25H,1H3. The first-order valence-corrected chi connectivity index (χ1v) is 9.31. The molecule has 0 saturated heterocycles. The van der Waals surface area contributed by atoms with E-state index in [4.69, 9.17) is 0 Å². The van der Waals surface area contributed by atoms with Crippen LogP contribution >= 0.6 is 11.3 Å². The number of aryl methyl sites for hydroxylation is 1. The van der Waals surface area contributed by atoms with Crippen molar-refractivity contribution in [2.75, 3.05) is 0 Å². The van der Waals surface area contributed by atoms with Gasteiger partial charge in [-0.25, -0.2) is 4.98 Å². The van der Waals surface area contributed by atoms with Crippen LogP contribution in [0.5, 0.6) is 5.75 Å². The summed E-state index contributed by atoms with van der Waals surface area (Å²) in [5.41, 5.74) is 3.30.